The summed E-state index contributed by atoms with van der Waals surface area (Å²) in [6.45, 7) is 6.57. The van der Waals surface area contributed by atoms with Crippen LogP contribution in [0.1, 0.15) is 49.7 Å². The van der Waals surface area contributed by atoms with E-state index in [2.05, 4.69) is 32.6 Å². The maximum Gasteiger partial charge on any atom is 0.220 e. The van der Waals surface area contributed by atoms with Gasteiger partial charge in [0.2, 0.25) is 5.91 Å². The number of hydrogen-bond donors (Lipinski definition) is 2. The second kappa shape index (κ2) is 8.31. The Kier molecular flexibility index (Phi) is 6.14. The van der Waals surface area contributed by atoms with E-state index in [9.17, 15) is 4.79 Å². The zero-order valence-corrected chi connectivity index (χ0v) is 13.9. The Morgan fingerprint density at radius 3 is 2.91 bits per heavy atom. The molecule has 0 saturated heterocycles. The fraction of sp³-hybridized carbons (Fsp3) is 0.471. The molecule has 6 nitrogen and oxygen atoms in total. The summed E-state index contributed by atoms with van der Waals surface area (Å²) in [5.74, 6) is 1.62. The van der Waals surface area contributed by atoms with E-state index in [4.69, 9.17) is 4.74 Å². The third kappa shape index (κ3) is 5.09. The molecular formula is C17H24N4O2. The maximum atomic E-state index is 12.0. The third-order valence-electron chi connectivity index (χ3n) is 3.63. The molecule has 1 aromatic carbocycles. The van der Waals surface area contributed by atoms with E-state index in [0.717, 1.165) is 24.2 Å². The van der Waals surface area contributed by atoms with E-state index in [1.807, 2.05) is 26.8 Å². The molecule has 0 saturated carbocycles. The van der Waals surface area contributed by atoms with Crippen molar-refractivity contribution in [2.24, 2.45) is 0 Å². The van der Waals surface area contributed by atoms with E-state index in [1.54, 1.807) is 0 Å². The number of amides is 1. The summed E-state index contributed by atoms with van der Waals surface area (Å²) in [6, 6.07) is 6.03. The molecule has 0 bridgehead atoms. The van der Waals surface area contributed by atoms with Crippen molar-refractivity contribution in [1.82, 2.24) is 20.5 Å². The fourth-order valence-electron chi connectivity index (χ4n) is 2.44. The molecule has 2 N–H and O–H groups in total. The minimum absolute atomic E-state index is 0.0246. The first-order valence-corrected chi connectivity index (χ1v) is 7.97. The van der Waals surface area contributed by atoms with Crippen LogP contribution in [0.4, 0.5) is 0 Å². The first-order chi connectivity index (χ1) is 11.1. The normalized spacial score (nSPS) is 12.0. The van der Waals surface area contributed by atoms with Gasteiger partial charge in [-0.2, -0.15) is 5.10 Å². The molecule has 0 unspecified atom stereocenters. The number of aromatic nitrogens is 3. The first-order valence-electron chi connectivity index (χ1n) is 7.97. The maximum absolute atomic E-state index is 12.0. The average molecular weight is 316 g/mol. The molecule has 23 heavy (non-hydrogen) atoms. The van der Waals surface area contributed by atoms with Crippen molar-refractivity contribution in [1.29, 1.82) is 0 Å². The lowest BCUT2D eigenvalue weighted by molar-refractivity contribution is -0.121. The number of aryl methyl sites for hydroxylation is 2. The molecule has 0 spiro atoms. The summed E-state index contributed by atoms with van der Waals surface area (Å²) in [4.78, 5) is 16.0. The van der Waals surface area contributed by atoms with Crippen LogP contribution in [0.5, 0.6) is 5.75 Å². The smallest absolute Gasteiger partial charge is 0.220 e. The van der Waals surface area contributed by atoms with E-state index >= 15 is 0 Å². The highest BCUT2D eigenvalue weighted by Crippen LogP contribution is 2.20. The molecule has 2 aromatic rings. The van der Waals surface area contributed by atoms with Crippen LogP contribution in [0.15, 0.2) is 24.5 Å². The number of nitrogens with one attached hydrogen (secondary N) is 2. The second-order valence-electron chi connectivity index (χ2n) is 5.55. The number of ether oxygens (including phenoxy) is 1. The van der Waals surface area contributed by atoms with Crippen LogP contribution in [0.3, 0.4) is 0 Å². The molecule has 0 aliphatic heterocycles. The Bertz CT molecular complexity index is 626. The summed E-state index contributed by atoms with van der Waals surface area (Å²) in [5.41, 5.74) is 2.36. The van der Waals surface area contributed by atoms with Gasteiger partial charge in [-0.15, -0.1) is 0 Å². The standard InChI is InChI=1S/C17H24N4O2/c1-4-23-15-9-8-14(10-12(15)2)6-5-7-16(22)20-13(3)17-18-11-19-21-17/h8-11,13H,4-7H2,1-3H3,(H,20,22)(H,18,19,21)/t13-/m0/s1. The van der Waals surface area contributed by atoms with Gasteiger partial charge in [-0.25, -0.2) is 4.98 Å². The van der Waals surface area contributed by atoms with Crippen LogP contribution in [0, 0.1) is 6.92 Å². The van der Waals surface area contributed by atoms with Crippen molar-refractivity contribution in [3.8, 4) is 5.75 Å². The lowest BCUT2D eigenvalue weighted by Crippen LogP contribution is -2.27. The molecule has 0 aliphatic carbocycles. The molecular weight excluding hydrogens is 292 g/mol. The quantitative estimate of drug-likeness (QED) is 0.785. The average Bonchev–Trinajstić information content (AvgIpc) is 3.04. The van der Waals surface area contributed by atoms with Crippen LogP contribution < -0.4 is 10.1 Å². The topological polar surface area (TPSA) is 79.9 Å². The summed E-state index contributed by atoms with van der Waals surface area (Å²) < 4.78 is 5.54. The van der Waals surface area contributed by atoms with Crippen molar-refractivity contribution >= 4 is 5.91 Å². The Morgan fingerprint density at radius 2 is 2.26 bits per heavy atom. The molecule has 1 atom stereocenters. The van der Waals surface area contributed by atoms with Gasteiger partial charge in [-0.1, -0.05) is 12.1 Å². The van der Waals surface area contributed by atoms with Gasteiger partial charge in [-0.05, 0) is 50.8 Å². The minimum Gasteiger partial charge on any atom is -0.494 e. The minimum atomic E-state index is -0.155. The van der Waals surface area contributed by atoms with E-state index in [-0.39, 0.29) is 11.9 Å². The lowest BCUT2D eigenvalue weighted by atomic mass is 10.0. The number of H-pyrrole nitrogens is 1. The second-order valence-corrected chi connectivity index (χ2v) is 5.55. The van der Waals surface area contributed by atoms with Crippen LogP contribution >= 0.6 is 0 Å². The molecule has 1 amide bonds. The zero-order valence-electron chi connectivity index (χ0n) is 13.9. The van der Waals surface area contributed by atoms with Crippen molar-refractivity contribution in [3.63, 3.8) is 0 Å². The number of aromatic amines is 1. The van der Waals surface area contributed by atoms with E-state index < -0.39 is 0 Å². The number of carbonyl (C=O) groups excluding carboxylic acids is 1. The molecule has 6 heteroatoms. The monoisotopic (exact) mass is 316 g/mol. The molecule has 0 fully saturated rings. The summed E-state index contributed by atoms with van der Waals surface area (Å²) >= 11 is 0. The Morgan fingerprint density at radius 1 is 1.43 bits per heavy atom. The zero-order chi connectivity index (χ0) is 16.7. The number of rotatable bonds is 8. The Labute approximate surface area is 136 Å². The Balaban J connectivity index is 1.76. The predicted molar refractivity (Wildman–Crippen MR) is 88.2 cm³/mol. The number of nitrogens with zero attached hydrogens (tertiary/aromatic N) is 2. The lowest BCUT2D eigenvalue weighted by Gasteiger charge is -2.11. The molecule has 2 rings (SSSR count). The third-order valence-corrected chi connectivity index (χ3v) is 3.63. The summed E-state index contributed by atoms with van der Waals surface area (Å²) in [7, 11) is 0. The molecule has 0 radical (unpaired) electrons. The van der Waals surface area contributed by atoms with Gasteiger partial charge >= 0.3 is 0 Å². The number of hydrogen-bond acceptors (Lipinski definition) is 4. The number of benzene rings is 1. The van der Waals surface area contributed by atoms with Gasteiger partial charge in [0.05, 0.1) is 12.6 Å². The van der Waals surface area contributed by atoms with Gasteiger partial charge in [0, 0.05) is 6.42 Å². The van der Waals surface area contributed by atoms with Crippen molar-refractivity contribution in [3.05, 3.63) is 41.5 Å². The van der Waals surface area contributed by atoms with Gasteiger partial charge in [0.1, 0.15) is 17.9 Å². The van der Waals surface area contributed by atoms with Gasteiger partial charge in [-0.3, -0.25) is 9.89 Å². The molecule has 1 aromatic heterocycles. The SMILES string of the molecule is CCOc1ccc(CCCC(=O)N[C@@H](C)c2ncn[nH]2)cc1C. The van der Waals surface area contributed by atoms with Crippen LogP contribution in [-0.2, 0) is 11.2 Å². The van der Waals surface area contributed by atoms with Gasteiger partial charge in [0.25, 0.3) is 0 Å². The number of carbonyl (C=O) groups is 1. The molecule has 124 valence electrons. The van der Waals surface area contributed by atoms with Crippen LogP contribution in [0.2, 0.25) is 0 Å². The van der Waals surface area contributed by atoms with Crippen LogP contribution in [0.25, 0.3) is 0 Å². The fourth-order valence-corrected chi connectivity index (χ4v) is 2.44. The van der Waals surface area contributed by atoms with Crippen molar-refractivity contribution in [2.75, 3.05) is 6.61 Å². The van der Waals surface area contributed by atoms with Gasteiger partial charge in [0.15, 0.2) is 0 Å². The molecule has 1 heterocycles. The van der Waals surface area contributed by atoms with Gasteiger partial charge < -0.3 is 10.1 Å². The highest BCUT2D eigenvalue weighted by molar-refractivity contribution is 5.76. The largest absolute Gasteiger partial charge is 0.494 e. The van der Waals surface area contributed by atoms with Crippen molar-refractivity contribution < 1.29 is 9.53 Å². The Hall–Kier alpha value is -2.37. The van der Waals surface area contributed by atoms with E-state index in [1.165, 1.54) is 11.9 Å². The predicted octanol–water partition coefficient (Wildman–Crippen LogP) is 2.71. The highest BCUT2D eigenvalue weighted by Gasteiger charge is 2.11. The summed E-state index contributed by atoms with van der Waals surface area (Å²) in [5, 5.41) is 9.45. The first kappa shape index (κ1) is 17.0. The van der Waals surface area contributed by atoms with Crippen molar-refractivity contribution in [2.45, 2.75) is 46.1 Å². The molecule has 0 aliphatic rings. The summed E-state index contributed by atoms with van der Waals surface area (Å²) in [6.07, 6.45) is 3.61. The van der Waals surface area contributed by atoms with E-state index in [0.29, 0.717) is 18.9 Å². The van der Waals surface area contributed by atoms with Crippen LogP contribution in [-0.4, -0.2) is 27.7 Å². The highest BCUT2D eigenvalue weighted by atomic mass is 16.5.